The van der Waals surface area contributed by atoms with Crippen LogP contribution in [-0.2, 0) is 12.8 Å². The highest BCUT2D eigenvalue weighted by atomic mass is 79.9. The van der Waals surface area contributed by atoms with Crippen LogP contribution in [0.4, 0.5) is 5.69 Å². The second-order valence-electron chi connectivity index (χ2n) is 5.34. The minimum atomic E-state index is -0.551. The Morgan fingerprint density at radius 2 is 2.05 bits per heavy atom. The number of nitro groups is 1. The lowest BCUT2D eigenvalue weighted by Crippen LogP contribution is -2.11. The fourth-order valence-corrected chi connectivity index (χ4v) is 3.35. The van der Waals surface area contributed by atoms with Gasteiger partial charge in [-0.25, -0.2) is 0 Å². The smallest absolute Gasteiger partial charge is 0.273 e. The molecule has 1 aliphatic carbocycles. The van der Waals surface area contributed by atoms with Gasteiger partial charge in [-0.15, -0.1) is 0 Å². The molecule has 5 heteroatoms. The Morgan fingerprint density at radius 3 is 2.76 bits per heavy atom. The average molecular weight is 348 g/mol. The third kappa shape index (κ3) is 2.71. The summed E-state index contributed by atoms with van der Waals surface area (Å²) in [4.78, 5) is 10.8. The number of hydrogen-bond donors (Lipinski definition) is 1. The number of halogens is 1. The number of fused-ring (bicyclic) bond motifs is 1. The van der Waals surface area contributed by atoms with Gasteiger partial charge in [0.1, 0.15) is 0 Å². The molecular weight excluding hydrogens is 334 g/mol. The van der Waals surface area contributed by atoms with Crippen molar-refractivity contribution >= 4 is 21.6 Å². The molecule has 0 heterocycles. The zero-order valence-electron chi connectivity index (χ0n) is 11.2. The minimum absolute atomic E-state index is 0.0118. The summed E-state index contributed by atoms with van der Waals surface area (Å²) in [5.41, 5.74) is 2.85. The van der Waals surface area contributed by atoms with E-state index in [-0.39, 0.29) is 16.5 Å². The highest BCUT2D eigenvalue weighted by Gasteiger charge is 2.32. The fraction of sp³-hybridized carbons (Fsp3) is 0.250. The molecule has 2 unspecified atom stereocenters. The van der Waals surface area contributed by atoms with Crippen LogP contribution in [0.5, 0.6) is 0 Å². The average Bonchev–Trinajstić information content (AvgIpc) is 2.78. The zero-order valence-corrected chi connectivity index (χ0v) is 12.8. The first-order valence-electron chi connectivity index (χ1n) is 6.75. The molecule has 0 spiro atoms. The Balaban J connectivity index is 1.88. The van der Waals surface area contributed by atoms with Gasteiger partial charge in [0.05, 0.1) is 11.0 Å². The van der Waals surface area contributed by atoms with Crippen LogP contribution in [0.25, 0.3) is 0 Å². The summed E-state index contributed by atoms with van der Waals surface area (Å²) in [6, 6.07) is 12.9. The molecule has 2 aromatic rings. The molecule has 1 aliphatic rings. The molecule has 0 saturated heterocycles. The standard InChI is InChI=1S/C16H14BrNO3/c17-13-6-5-11(15(9-13)18(20)21)8-12-7-10-3-1-2-4-14(10)16(12)19/h1-6,9,12,16,19H,7-8H2. The van der Waals surface area contributed by atoms with Crippen molar-refractivity contribution in [3.8, 4) is 0 Å². The summed E-state index contributed by atoms with van der Waals surface area (Å²) in [6.07, 6.45) is 0.703. The molecule has 0 aliphatic heterocycles. The number of rotatable bonds is 3. The van der Waals surface area contributed by atoms with Crippen molar-refractivity contribution in [2.24, 2.45) is 5.92 Å². The number of aliphatic hydroxyl groups is 1. The molecule has 0 saturated carbocycles. The van der Waals surface area contributed by atoms with Crippen molar-refractivity contribution in [3.63, 3.8) is 0 Å². The quantitative estimate of drug-likeness (QED) is 0.678. The molecule has 108 valence electrons. The van der Waals surface area contributed by atoms with Crippen LogP contribution < -0.4 is 0 Å². The molecule has 2 aromatic carbocycles. The van der Waals surface area contributed by atoms with Crippen LogP contribution in [0.15, 0.2) is 46.9 Å². The first-order valence-corrected chi connectivity index (χ1v) is 7.54. The normalized spacial score (nSPS) is 20.3. The minimum Gasteiger partial charge on any atom is -0.388 e. The van der Waals surface area contributed by atoms with Crippen molar-refractivity contribution in [2.45, 2.75) is 18.9 Å². The zero-order chi connectivity index (χ0) is 15.0. The van der Waals surface area contributed by atoms with E-state index in [0.29, 0.717) is 16.5 Å². The van der Waals surface area contributed by atoms with Crippen molar-refractivity contribution in [3.05, 3.63) is 73.7 Å². The summed E-state index contributed by atoms with van der Waals surface area (Å²) >= 11 is 3.26. The summed E-state index contributed by atoms with van der Waals surface area (Å²) in [5, 5.41) is 21.6. The Kier molecular flexibility index (Phi) is 3.78. The lowest BCUT2D eigenvalue weighted by molar-refractivity contribution is -0.385. The molecule has 0 bridgehead atoms. The fourth-order valence-electron chi connectivity index (χ4n) is 3.00. The molecule has 21 heavy (non-hydrogen) atoms. The highest BCUT2D eigenvalue weighted by molar-refractivity contribution is 9.10. The molecule has 4 nitrogen and oxygen atoms in total. The molecule has 0 amide bonds. The van der Waals surface area contributed by atoms with Crippen LogP contribution in [0, 0.1) is 16.0 Å². The Hall–Kier alpha value is -1.72. The van der Waals surface area contributed by atoms with Gasteiger partial charge >= 0.3 is 0 Å². The van der Waals surface area contributed by atoms with E-state index in [0.717, 1.165) is 17.5 Å². The van der Waals surface area contributed by atoms with Gasteiger partial charge in [0.2, 0.25) is 0 Å². The van der Waals surface area contributed by atoms with E-state index >= 15 is 0 Å². The number of nitrogens with zero attached hydrogens (tertiary/aromatic N) is 1. The molecule has 0 aromatic heterocycles. The number of hydrogen-bond acceptors (Lipinski definition) is 3. The van der Waals surface area contributed by atoms with Crippen LogP contribution in [0.1, 0.15) is 22.8 Å². The third-order valence-corrected chi connectivity index (χ3v) is 4.52. The van der Waals surface area contributed by atoms with E-state index < -0.39 is 6.10 Å². The predicted molar refractivity (Wildman–Crippen MR) is 83.1 cm³/mol. The highest BCUT2D eigenvalue weighted by Crippen LogP contribution is 2.39. The van der Waals surface area contributed by atoms with Crippen molar-refractivity contribution in [1.29, 1.82) is 0 Å². The van der Waals surface area contributed by atoms with E-state index in [1.54, 1.807) is 12.1 Å². The van der Waals surface area contributed by atoms with Gasteiger partial charge in [-0.2, -0.15) is 0 Å². The van der Waals surface area contributed by atoms with Gasteiger partial charge in [-0.3, -0.25) is 10.1 Å². The lowest BCUT2D eigenvalue weighted by Gasteiger charge is -2.15. The second kappa shape index (κ2) is 5.58. The van der Waals surface area contributed by atoms with Crippen LogP contribution in [0.3, 0.4) is 0 Å². The Bertz CT molecular complexity index is 702. The summed E-state index contributed by atoms with van der Waals surface area (Å²) < 4.78 is 0.688. The molecule has 2 atom stereocenters. The SMILES string of the molecule is O=[N+]([O-])c1cc(Br)ccc1CC1Cc2ccccc2C1O. The van der Waals surface area contributed by atoms with Gasteiger partial charge in [-0.1, -0.05) is 46.3 Å². The number of aliphatic hydroxyl groups excluding tert-OH is 1. The van der Waals surface area contributed by atoms with Crippen molar-refractivity contribution in [2.75, 3.05) is 0 Å². The topological polar surface area (TPSA) is 63.4 Å². The van der Waals surface area contributed by atoms with Gasteiger partial charge in [0.25, 0.3) is 5.69 Å². The van der Waals surface area contributed by atoms with E-state index in [1.165, 1.54) is 6.07 Å². The largest absolute Gasteiger partial charge is 0.388 e. The van der Waals surface area contributed by atoms with E-state index in [4.69, 9.17) is 0 Å². The van der Waals surface area contributed by atoms with E-state index in [2.05, 4.69) is 15.9 Å². The Labute approximate surface area is 130 Å². The number of benzene rings is 2. The first-order chi connectivity index (χ1) is 10.1. The third-order valence-electron chi connectivity index (χ3n) is 4.03. The van der Waals surface area contributed by atoms with Gasteiger partial charge in [-0.05, 0) is 36.0 Å². The Morgan fingerprint density at radius 1 is 1.29 bits per heavy atom. The van der Waals surface area contributed by atoms with Gasteiger partial charge in [0.15, 0.2) is 0 Å². The summed E-state index contributed by atoms with van der Waals surface area (Å²) in [5.74, 6) is -0.0118. The molecule has 0 fully saturated rings. The summed E-state index contributed by atoms with van der Waals surface area (Å²) in [6.45, 7) is 0. The lowest BCUT2D eigenvalue weighted by atomic mass is 9.94. The first kappa shape index (κ1) is 14.2. The monoisotopic (exact) mass is 347 g/mol. The van der Waals surface area contributed by atoms with Crippen LogP contribution in [0.2, 0.25) is 0 Å². The maximum Gasteiger partial charge on any atom is 0.273 e. The molecular formula is C16H14BrNO3. The molecule has 0 radical (unpaired) electrons. The second-order valence-corrected chi connectivity index (χ2v) is 6.26. The van der Waals surface area contributed by atoms with Crippen LogP contribution >= 0.6 is 15.9 Å². The summed E-state index contributed by atoms with van der Waals surface area (Å²) in [7, 11) is 0. The van der Waals surface area contributed by atoms with Crippen molar-refractivity contribution < 1.29 is 10.0 Å². The maximum atomic E-state index is 11.2. The van der Waals surface area contributed by atoms with E-state index in [1.807, 2.05) is 24.3 Å². The van der Waals surface area contributed by atoms with Gasteiger partial charge in [0, 0.05) is 16.1 Å². The van der Waals surface area contributed by atoms with E-state index in [9.17, 15) is 15.2 Å². The molecule has 1 N–H and O–H groups in total. The molecule has 3 rings (SSSR count). The van der Waals surface area contributed by atoms with Crippen molar-refractivity contribution in [1.82, 2.24) is 0 Å². The number of nitro benzene ring substituents is 1. The van der Waals surface area contributed by atoms with Crippen LogP contribution in [-0.4, -0.2) is 10.0 Å². The van der Waals surface area contributed by atoms with Gasteiger partial charge < -0.3 is 5.11 Å². The maximum absolute atomic E-state index is 11.2. The predicted octanol–water partition coefficient (Wildman–Crippen LogP) is 3.81.